The molecule has 1 amide bonds. The van der Waals surface area contributed by atoms with Crippen LogP contribution in [0.15, 0.2) is 0 Å². The molecule has 0 unspecified atom stereocenters. The molecule has 2 N–H and O–H groups in total. The summed E-state index contributed by atoms with van der Waals surface area (Å²) in [6, 6.07) is 0. The van der Waals surface area contributed by atoms with Gasteiger partial charge in [-0.1, -0.05) is 6.92 Å². The van der Waals surface area contributed by atoms with Crippen LogP contribution >= 0.6 is 0 Å². The fourth-order valence-electron chi connectivity index (χ4n) is 0.601. The zero-order chi connectivity index (χ0) is 6.15. The van der Waals surface area contributed by atoms with Crippen LogP contribution in [-0.2, 0) is 4.74 Å². The van der Waals surface area contributed by atoms with E-state index in [0.29, 0.717) is 5.92 Å². The first-order chi connectivity index (χ1) is 3.70. The number of hydrogen-bond acceptors (Lipinski definition) is 2. The summed E-state index contributed by atoms with van der Waals surface area (Å²) in [5, 5.41) is 0. The second-order valence-corrected chi connectivity index (χ2v) is 2.19. The van der Waals surface area contributed by atoms with E-state index in [4.69, 9.17) is 5.73 Å². The molecule has 0 heterocycles. The average Bonchev–Trinajstić information content (AvgIpc) is 2.17. The molecule has 0 radical (unpaired) electrons. The van der Waals surface area contributed by atoms with Crippen molar-refractivity contribution in [3.05, 3.63) is 0 Å². The van der Waals surface area contributed by atoms with Gasteiger partial charge in [-0.15, -0.1) is 0 Å². The summed E-state index contributed by atoms with van der Waals surface area (Å²) in [6.07, 6.45) is 0.440. The summed E-state index contributed by atoms with van der Waals surface area (Å²) >= 11 is 0. The smallest absolute Gasteiger partial charge is 0.404 e. The third kappa shape index (κ3) is 1.12. The Labute approximate surface area is 47.8 Å². The normalized spacial score (nSPS) is 34.1. The number of hydrogen-bond donors (Lipinski definition) is 1. The Morgan fingerprint density at radius 3 is 2.50 bits per heavy atom. The van der Waals surface area contributed by atoms with E-state index in [2.05, 4.69) is 4.74 Å². The van der Waals surface area contributed by atoms with Gasteiger partial charge in [0, 0.05) is 0 Å². The summed E-state index contributed by atoms with van der Waals surface area (Å²) in [5.41, 5.74) is 4.73. The standard InChI is InChI=1S/C5H9NO2/c1-3-2-4(3)8-5(6)7/h3-4H,2H2,1H3,(H2,6,7)/t3-,4-/m0/s1. The molecular weight excluding hydrogens is 106 g/mol. The Morgan fingerprint density at radius 1 is 1.88 bits per heavy atom. The summed E-state index contributed by atoms with van der Waals surface area (Å²) in [5.74, 6) is 0.530. The fourth-order valence-corrected chi connectivity index (χ4v) is 0.601. The van der Waals surface area contributed by atoms with Crippen molar-refractivity contribution < 1.29 is 9.53 Å². The number of nitrogens with two attached hydrogens (primary N) is 1. The van der Waals surface area contributed by atoms with Crippen LogP contribution < -0.4 is 5.73 Å². The van der Waals surface area contributed by atoms with E-state index >= 15 is 0 Å². The van der Waals surface area contributed by atoms with Gasteiger partial charge < -0.3 is 10.5 Å². The first-order valence-corrected chi connectivity index (χ1v) is 2.66. The first-order valence-electron chi connectivity index (χ1n) is 2.66. The highest BCUT2D eigenvalue weighted by Gasteiger charge is 2.35. The molecule has 2 atom stereocenters. The third-order valence-electron chi connectivity index (χ3n) is 1.30. The van der Waals surface area contributed by atoms with Gasteiger partial charge >= 0.3 is 6.09 Å². The largest absolute Gasteiger partial charge is 0.446 e. The Kier molecular flexibility index (Phi) is 1.12. The molecule has 1 rings (SSSR count). The minimum atomic E-state index is -0.653. The first kappa shape index (κ1) is 5.41. The van der Waals surface area contributed by atoms with Gasteiger partial charge in [0.25, 0.3) is 0 Å². The number of rotatable bonds is 1. The molecule has 3 nitrogen and oxygen atoms in total. The molecule has 1 aliphatic rings. The Bertz CT molecular complexity index is 113. The number of ether oxygens (including phenoxy) is 1. The molecule has 0 bridgehead atoms. The Balaban J connectivity index is 2.14. The molecule has 46 valence electrons. The van der Waals surface area contributed by atoms with Crippen LogP contribution in [0.2, 0.25) is 0 Å². The maximum absolute atomic E-state index is 10.00. The average molecular weight is 115 g/mol. The number of carbonyl (C=O) groups is 1. The van der Waals surface area contributed by atoms with Crippen molar-refractivity contribution in [2.45, 2.75) is 19.4 Å². The van der Waals surface area contributed by atoms with Gasteiger partial charge in [0.1, 0.15) is 6.10 Å². The summed E-state index contributed by atoms with van der Waals surface area (Å²) < 4.78 is 4.61. The molecule has 0 saturated heterocycles. The van der Waals surface area contributed by atoms with Gasteiger partial charge in [0.15, 0.2) is 0 Å². The van der Waals surface area contributed by atoms with E-state index in [1.54, 1.807) is 0 Å². The predicted molar refractivity (Wildman–Crippen MR) is 28.2 cm³/mol. The molecule has 0 aromatic carbocycles. The molecule has 1 fully saturated rings. The van der Waals surface area contributed by atoms with Crippen molar-refractivity contribution >= 4 is 6.09 Å². The van der Waals surface area contributed by atoms with E-state index in [1.807, 2.05) is 6.92 Å². The van der Waals surface area contributed by atoms with E-state index in [1.165, 1.54) is 0 Å². The monoisotopic (exact) mass is 115 g/mol. The molecule has 0 aromatic heterocycles. The van der Waals surface area contributed by atoms with E-state index in [9.17, 15) is 4.79 Å². The van der Waals surface area contributed by atoms with Gasteiger partial charge in [0.05, 0.1) is 0 Å². The zero-order valence-corrected chi connectivity index (χ0v) is 4.76. The van der Waals surface area contributed by atoms with Gasteiger partial charge in [-0.3, -0.25) is 0 Å². The molecule has 1 saturated carbocycles. The van der Waals surface area contributed by atoms with Crippen LogP contribution in [0, 0.1) is 5.92 Å². The number of amides is 1. The number of carbonyl (C=O) groups excluding carboxylic acids is 1. The van der Waals surface area contributed by atoms with Crippen LogP contribution in [0.1, 0.15) is 13.3 Å². The van der Waals surface area contributed by atoms with Crippen LogP contribution in [0.3, 0.4) is 0 Å². The lowest BCUT2D eigenvalue weighted by Gasteiger charge is -1.94. The minimum Gasteiger partial charge on any atom is -0.446 e. The van der Waals surface area contributed by atoms with Gasteiger partial charge in [0.2, 0.25) is 0 Å². The van der Waals surface area contributed by atoms with Gasteiger partial charge in [-0.25, -0.2) is 4.79 Å². The van der Waals surface area contributed by atoms with Crippen LogP contribution in [0.5, 0.6) is 0 Å². The third-order valence-corrected chi connectivity index (χ3v) is 1.30. The second-order valence-electron chi connectivity index (χ2n) is 2.19. The van der Waals surface area contributed by atoms with Crippen molar-refractivity contribution in [3.63, 3.8) is 0 Å². The molecule has 1 aliphatic carbocycles. The van der Waals surface area contributed by atoms with Crippen molar-refractivity contribution in [1.82, 2.24) is 0 Å². The van der Waals surface area contributed by atoms with Crippen molar-refractivity contribution in [3.8, 4) is 0 Å². The molecule has 0 aliphatic heterocycles. The summed E-state index contributed by atoms with van der Waals surface area (Å²) in [6.45, 7) is 2.02. The Hall–Kier alpha value is -0.730. The zero-order valence-electron chi connectivity index (χ0n) is 4.76. The molecular formula is C5H9NO2. The lowest BCUT2D eigenvalue weighted by atomic mass is 10.5. The molecule has 8 heavy (non-hydrogen) atoms. The lowest BCUT2D eigenvalue weighted by molar-refractivity contribution is 0.144. The van der Waals surface area contributed by atoms with Gasteiger partial charge in [-0.2, -0.15) is 0 Å². The van der Waals surface area contributed by atoms with E-state index in [-0.39, 0.29) is 6.10 Å². The van der Waals surface area contributed by atoms with E-state index < -0.39 is 6.09 Å². The molecule has 0 aromatic rings. The summed E-state index contributed by atoms with van der Waals surface area (Å²) in [7, 11) is 0. The number of primary amides is 1. The molecule has 3 heteroatoms. The van der Waals surface area contributed by atoms with Crippen LogP contribution in [0.25, 0.3) is 0 Å². The fraction of sp³-hybridized carbons (Fsp3) is 0.800. The second kappa shape index (κ2) is 1.65. The predicted octanol–water partition coefficient (Wildman–Crippen LogP) is 0.490. The van der Waals surface area contributed by atoms with Gasteiger partial charge in [-0.05, 0) is 12.3 Å². The molecule has 0 spiro atoms. The van der Waals surface area contributed by atoms with Crippen LogP contribution in [0.4, 0.5) is 4.79 Å². The van der Waals surface area contributed by atoms with Crippen molar-refractivity contribution in [2.24, 2.45) is 11.7 Å². The Morgan fingerprint density at radius 2 is 2.38 bits per heavy atom. The highest BCUT2D eigenvalue weighted by Crippen LogP contribution is 2.32. The minimum absolute atomic E-state index is 0.118. The van der Waals surface area contributed by atoms with Crippen molar-refractivity contribution in [1.29, 1.82) is 0 Å². The van der Waals surface area contributed by atoms with Crippen molar-refractivity contribution in [2.75, 3.05) is 0 Å². The SMILES string of the molecule is C[C@H]1C[C@@H]1OC(N)=O. The maximum atomic E-state index is 10.00. The van der Waals surface area contributed by atoms with Crippen LogP contribution in [-0.4, -0.2) is 12.2 Å². The summed E-state index contributed by atoms with van der Waals surface area (Å²) in [4.78, 5) is 10.00. The highest BCUT2D eigenvalue weighted by atomic mass is 16.6. The highest BCUT2D eigenvalue weighted by molar-refractivity contribution is 5.65. The lowest BCUT2D eigenvalue weighted by Crippen LogP contribution is -2.14. The van der Waals surface area contributed by atoms with E-state index in [0.717, 1.165) is 6.42 Å². The quantitative estimate of drug-likeness (QED) is 0.540. The maximum Gasteiger partial charge on any atom is 0.404 e. The topological polar surface area (TPSA) is 52.3 Å².